The Labute approximate surface area is 244 Å². The second kappa shape index (κ2) is 10.5. The zero-order valence-corrected chi connectivity index (χ0v) is 26.6. The summed E-state index contributed by atoms with van der Waals surface area (Å²) < 4.78 is 26.7. The number of esters is 1. The Kier molecular flexibility index (Phi) is 7.73. The van der Waals surface area contributed by atoms with Crippen LogP contribution in [0.5, 0.6) is 0 Å². The maximum atomic E-state index is 12.3. The molecule has 0 aromatic heterocycles. The number of carbonyl (C=O) groups excluding carboxylic acids is 1. The van der Waals surface area contributed by atoms with Gasteiger partial charge in [0.25, 0.3) is 5.97 Å². The Hall–Kier alpha value is -0.650. The molecule has 12 atom stereocenters. The fourth-order valence-electron chi connectivity index (χ4n) is 11.5. The van der Waals surface area contributed by atoms with Crippen LogP contribution in [0.25, 0.3) is 0 Å². The molecule has 5 nitrogen and oxygen atoms in total. The van der Waals surface area contributed by atoms with Gasteiger partial charge < -0.3 is 18.9 Å². The van der Waals surface area contributed by atoms with E-state index in [-0.39, 0.29) is 35.3 Å². The first-order valence-corrected chi connectivity index (χ1v) is 17.2. The molecule has 6 fully saturated rings. The number of fused-ring (bicyclic) bond motifs is 10. The number of carbonyl (C=O) groups is 1. The summed E-state index contributed by atoms with van der Waals surface area (Å²) in [6.45, 7) is 16.5. The Morgan fingerprint density at radius 3 is 2.42 bits per heavy atom. The van der Waals surface area contributed by atoms with Gasteiger partial charge in [0.15, 0.2) is 0 Å². The molecule has 40 heavy (non-hydrogen) atoms. The molecule has 2 bridgehead atoms. The van der Waals surface area contributed by atoms with Crippen molar-refractivity contribution in [2.24, 2.45) is 46.3 Å². The zero-order chi connectivity index (χ0) is 28.5. The van der Waals surface area contributed by atoms with Crippen LogP contribution in [-0.4, -0.2) is 35.9 Å². The second-order valence-corrected chi connectivity index (χ2v) is 16.0. The van der Waals surface area contributed by atoms with Crippen molar-refractivity contribution in [2.45, 2.75) is 168 Å². The molecule has 228 valence electrons. The van der Waals surface area contributed by atoms with Gasteiger partial charge in [0.2, 0.25) is 0 Å². The number of hydrogen-bond acceptors (Lipinski definition) is 5. The van der Waals surface area contributed by atoms with Crippen LogP contribution >= 0.6 is 0 Å². The molecular formula is C35H58O5. The molecule has 6 aliphatic rings. The molecule has 2 aliphatic heterocycles. The SMILES string of the molecule is CCCC(=O)O[C@H]1CC[C@@]2(C)C(CC[C@H]3[C@@H]4C[C@@H]5OC6(CCC)O[C@@H](CCC(C)C)[C@](C)(O6)[C@@H]5[C@@]4(C)CC[C@@H]32)C1. The van der Waals surface area contributed by atoms with Crippen LogP contribution in [0.1, 0.15) is 138 Å². The molecule has 2 saturated heterocycles. The van der Waals surface area contributed by atoms with Crippen molar-refractivity contribution in [1.29, 1.82) is 0 Å². The van der Waals surface area contributed by atoms with E-state index in [0.717, 1.165) is 50.4 Å². The molecule has 6 rings (SSSR count). The van der Waals surface area contributed by atoms with Crippen LogP contribution in [0.2, 0.25) is 0 Å². The van der Waals surface area contributed by atoms with Gasteiger partial charge in [-0.25, -0.2) is 0 Å². The highest BCUT2D eigenvalue weighted by Gasteiger charge is 2.74. The molecule has 0 amide bonds. The van der Waals surface area contributed by atoms with E-state index < -0.39 is 5.97 Å². The molecule has 5 heteroatoms. The van der Waals surface area contributed by atoms with E-state index >= 15 is 0 Å². The fraction of sp³-hybridized carbons (Fsp3) is 0.971. The smallest absolute Gasteiger partial charge is 0.306 e. The lowest BCUT2D eigenvalue weighted by Crippen LogP contribution is -2.60. The van der Waals surface area contributed by atoms with Crippen LogP contribution < -0.4 is 0 Å². The average molecular weight is 559 g/mol. The monoisotopic (exact) mass is 558 g/mol. The third-order valence-corrected chi connectivity index (χ3v) is 13.2. The molecule has 0 aromatic rings. The summed E-state index contributed by atoms with van der Waals surface area (Å²) in [5.74, 6) is 3.16. The van der Waals surface area contributed by atoms with Gasteiger partial charge in [-0.05, 0) is 124 Å². The van der Waals surface area contributed by atoms with E-state index in [2.05, 4.69) is 48.5 Å². The van der Waals surface area contributed by atoms with Crippen LogP contribution in [0, 0.1) is 46.3 Å². The van der Waals surface area contributed by atoms with Crippen LogP contribution in [0.3, 0.4) is 0 Å². The first kappa shape index (κ1) is 29.4. The predicted octanol–water partition coefficient (Wildman–Crippen LogP) is 8.43. The molecule has 0 N–H and O–H groups in total. The highest BCUT2D eigenvalue weighted by molar-refractivity contribution is 5.69. The Morgan fingerprint density at radius 1 is 0.925 bits per heavy atom. The number of ether oxygens (including phenoxy) is 4. The third kappa shape index (κ3) is 4.53. The van der Waals surface area contributed by atoms with Gasteiger partial charge in [-0.2, -0.15) is 0 Å². The lowest BCUT2D eigenvalue weighted by atomic mass is 9.44. The van der Waals surface area contributed by atoms with Crippen molar-refractivity contribution in [3.8, 4) is 0 Å². The molecule has 2 unspecified atom stereocenters. The third-order valence-electron chi connectivity index (χ3n) is 13.2. The van der Waals surface area contributed by atoms with E-state index in [0.29, 0.717) is 35.5 Å². The highest BCUT2D eigenvalue weighted by Crippen LogP contribution is 2.72. The Balaban J connectivity index is 1.23. The van der Waals surface area contributed by atoms with Crippen molar-refractivity contribution in [3.05, 3.63) is 0 Å². The summed E-state index contributed by atoms with van der Waals surface area (Å²) in [5, 5.41) is 0. The summed E-state index contributed by atoms with van der Waals surface area (Å²) in [4.78, 5) is 12.3. The minimum atomic E-state index is -0.840. The van der Waals surface area contributed by atoms with Crippen LogP contribution in [-0.2, 0) is 23.7 Å². The summed E-state index contributed by atoms with van der Waals surface area (Å²) in [5.41, 5.74) is 0.335. The minimum Gasteiger partial charge on any atom is -0.462 e. The van der Waals surface area contributed by atoms with Crippen molar-refractivity contribution in [3.63, 3.8) is 0 Å². The maximum Gasteiger partial charge on any atom is 0.306 e. The van der Waals surface area contributed by atoms with Gasteiger partial charge >= 0.3 is 5.97 Å². The Morgan fingerprint density at radius 2 is 1.70 bits per heavy atom. The first-order valence-electron chi connectivity index (χ1n) is 17.2. The van der Waals surface area contributed by atoms with Gasteiger partial charge in [-0.15, -0.1) is 0 Å². The van der Waals surface area contributed by atoms with Crippen LogP contribution in [0.4, 0.5) is 0 Å². The van der Waals surface area contributed by atoms with Crippen molar-refractivity contribution < 1.29 is 23.7 Å². The standard InChI is InChI=1S/C35H58O5/c1-8-10-30(36)37-24-15-18-32(5)23(20-24)12-13-25-26(32)16-19-33(6)27(25)21-28-31(33)34(7)29(14-11-22(3)4)39-35(38-28,40-34)17-9-2/h22-29,31H,8-21H2,1-7H3/t23?,24-,25+,26-,27-,28-,29-,31-,32-,33-,34-,35?/m0/s1. The molecule has 0 aromatic carbocycles. The summed E-state index contributed by atoms with van der Waals surface area (Å²) in [6, 6.07) is 0. The van der Waals surface area contributed by atoms with Gasteiger partial charge in [0.05, 0.1) is 12.2 Å². The van der Waals surface area contributed by atoms with E-state index in [4.69, 9.17) is 18.9 Å². The summed E-state index contributed by atoms with van der Waals surface area (Å²) >= 11 is 0. The first-order chi connectivity index (χ1) is 19.0. The van der Waals surface area contributed by atoms with E-state index in [1.54, 1.807) is 0 Å². The van der Waals surface area contributed by atoms with Crippen LogP contribution in [0.15, 0.2) is 0 Å². The minimum absolute atomic E-state index is 0.00770. The molecule has 2 heterocycles. The van der Waals surface area contributed by atoms with E-state index in [1.807, 2.05) is 0 Å². The maximum absolute atomic E-state index is 12.3. The number of rotatable bonds is 8. The quantitative estimate of drug-likeness (QED) is 0.280. The van der Waals surface area contributed by atoms with Gasteiger partial charge in [-0.3, -0.25) is 4.79 Å². The summed E-state index contributed by atoms with van der Waals surface area (Å²) in [6.07, 6.45) is 15.7. The van der Waals surface area contributed by atoms with Gasteiger partial charge in [0.1, 0.15) is 11.7 Å². The van der Waals surface area contributed by atoms with Crippen molar-refractivity contribution >= 4 is 5.97 Å². The molecule has 0 radical (unpaired) electrons. The van der Waals surface area contributed by atoms with Crippen molar-refractivity contribution in [1.82, 2.24) is 0 Å². The zero-order valence-electron chi connectivity index (χ0n) is 26.6. The van der Waals surface area contributed by atoms with E-state index in [1.165, 1.54) is 44.9 Å². The number of hydrogen-bond donors (Lipinski definition) is 0. The lowest BCUT2D eigenvalue weighted by molar-refractivity contribution is -0.403. The second-order valence-electron chi connectivity index (χ2n) is 16.0. The lowest BCUT2D eigenvalue weighted by Gasteiger charge is -2.61. The molecular weight excluding hydrogens is 500 g/mol. The normalized spacial score (nSPS) is 51.1. The van der Waals surface area contributed by atoms with E-state index in [9.17, 15) is 4.79 Å². The molecule has 4 aliphatic carbocycles. The predicted molar refractivity (Wildman–Crippen MR) is 156 cm³/mol. The molecule has 0 spiro atoms. The topological polar surface area (TPSA) is 54.0 Å². The highest BCUT2D eigenvalue weighted by atomic mass is 16.9. The largest absolute Gasteiger partial charge is 0.462 e. The van der Waals surface area contributed by atoms with Gasteiger partial charge in [-0.1, -0.05) is 41.5 Å². The Bertz CT molecular complexity index is 950. The van der Waals surface area contributed by atoms with Crippen molar-refractivity contribution in [2.75, 3.05) is 0 Å². The summed E-state index contributed by atoms with van der Waals surface area (Å²) in [7, 11) is 0. The average Bonchev–Trinajstić information content (AvgIpc) is 3.31. The molecule has 4 saturated carbocycles. The van der Waals surface area contributed by atoms with Gasteiger partial charge in [0, 0.05) is 18.8 Å². The fourth-order valence-corrected chi connectivity index (χ4v) is 11.5.